The highest BCUT2D eigenvalue weighted by Gasteiger charge is 2.34. The van der Waals surface area contributed by atoms with Gasteiger partial charge in [-0.05, 0) is 27.9 Å². The van der Waals surface area contributed by atoms with Gasteiger partial charge in [-0.15, -0.1) is 0 Å². The monoisotopic (exact) mass is 215 g/mol. The first-order valence-electron chi connectivity index (χ1n) is 6.08. The summed E-state index contributed by atoms with van der Waals surface area (Å²) in [5.41, 5.74) is 0. The zero-order chi connectivity index (χ0) is 11.6. The molecular weight excluding hydrogens is 186 g/mol. The van der Waals surface area contributed by atoms with Crippen LogP contribution in [-0.4, -0.2) is 61.2 Å². The van der Waals surface area contributed by atoms with Gasteiger partial charge in [0, 0.05) is 38.7 Å². The molecule has 2 atom stereocenters. The number of rotatable bonds is 4. The molecule has 0 spiro atoms. The van der Waals surface area contributed by atoms with Crippen molar-refractivity contribution < 1.29 is 1.43 Å². The number of nitrogens with one attached hydrogen (secondary N) is 1. The predicted molar refractivity (Wildman–Crippen MR) is 68.4 cm³/mol. The largest absolute Gasteiger partial charge is 0.309 e. The van der Waals surface area contributed by atoms with Crippen molar-refractivity contribution in [2.45, 2.75) is 51.9 Å². The molecule has 0 aliphatic carbocycles. The first-order valence-corrected chi connectivity index (χ1v) is 6.08. The van der Waals surface area contributed by atoms with E-state index in [1.807, 2.05) is 0 Å². The van der Waals surface area contributed by atoms with E-state index in [0.29, 0.717) is 24.2 Å². The molecule has 0 radical (unpaired) electrons. The summed E-state index contributed by atoms with van der Waals surface area (Å²) >= 11 is 0. The third-order valence-corrected chi connectivity index (χ3v) is 3.26. The molecule has 0 saturated carbocycles. The lowest BCUT2D eigenvalue weighted by atomic mass is 10.1. The highest BCUT2D eigenvalue weighted by atomic mass is 15.3. The maximum atomic E-state index is 3.67. The minimum Gasteiger partial charge on any atom is -0.309 e. The minimum atomic E-state index is 0. The number of likely N-dealkylation sites (tertiary alicyclic amines) is 1. The van der Waals surface area contributed by atoms with Crippen LogP contribution in [0.5, 0.6) is 0 Å². The van der Waals surface area contributed by atoms with Crippen molar-refractivity contribution in [3.63, 3.8) is 0 Å². The Labute approximate surface area is 96.3 Å². The first-order chi connectivity index (χ1) is 6.91. The van der Waals surface area contributed by atoms with Gasteiger partial charge in [-0.1, -0.05) is 13.8 Å². The SMILES string of the molecule is CC(C)NC1CN(C(C)C)C[C@@H]1N(C)C.[HH]. The molecule has 1 heterocycles. The Balaban J connectivity index is 0.00000225. The van der Waals surface area contributed by atoms with Gasteiger partial charge in [0.2, 0.25) is 0 Å². The maximum Gasteiger partial charge on any atom is 0.0383 e. The molecule has 0 aromatic heterocycles. The summed E-state index contributed by atoms with van der Waals surface area (Å²) in [6.07, 6.45) is 0. The van der Waals surface area contributed by atoms with Gasteiger partial charge >= 0.3 is 0 Å². The lowest BCUT2D eigenvalue weighted by molar-refractivity contribution is 0.233. The summed E-state index contributed by atoms with van der Waals surface area (Å²) in [6.45, 7) is 11.4. The number of hydrogen-bond donors (Lipinski definition) is 1. The van der Waals surface area contributed by atoms with Crippen LogP contribution in [0, 0.1) is 0 Å². The van der Waals surface area contributed by atoms with E-state index in [0.717, 1.165) is 0 Å². The van der Waals surface area contributed by atoms with Gasteiger partial charge in [-0.3, -0.25) is 4.90 Å². The molecule has 1 unspecified atom stereocenters. The van der Waals surface area contributed by atoms with Crippen LogP contribution in [0.2, 0.25) is 0 Å². The van der Waals surface area contributed by atoms with E-state index in [9.17, 15) is 0 Å². The Bertz CT molecular complexity index is 195. The van der Waals surface area contributed by atoms with Gasteiger partial charge in [0.15, 0.2) is 0 Å². The van der Waals surface area contributed by atoms with Crippen LogP contribution in [-0.2, 0) is 0 Å². The smallest absolute Gasteiger partial charge is 0.0383 e. The van der Waals surface area contributed by atoms with E-state index in [1.165, 1.54) is 13.1 Å². The zero-order valence-electron chi connectivity index (χ0n) is 11.1. The van der Waals surface area contributed by atoms with E-state index in [-0.39, 0.29) is 1.43 Å². The number of nitrogens with zero attached hydrogens (tertiary/aromatic N) is 2. The first kappa shape index (κ1) is 12.9. The second-order valence-corrected chi connectivity index (χ2v) is 5.51. The van der Waals surface area contributed by atoms with Crippen LogP contribution in [0.4, 0.5) is 0 Å². The van der Waals surface area contributed by atoms with E-state index in [4.69, 9.17) is 0 Å². The van der Waals surface area contributed by atoms with Crippen LogP contribution in [0.3, 0.4) is 0 Å². The van der Waals surface area contributed by atoms with Crippen molar-refractivity contribution >= 4 is 0 Å². The zero-order valence-corrected chi connectivity index (χ0v) is 11.1. The molecule has 1 saturated heterocycles. The van der Waals surface area contributed by atoms with Gasteiger partial charge in [0.05, 0.1) is 0 Å². The van der Waals surface area contributed by atoms with E-state index in [1.54, 1.807) is 0 Å². The predicted octanol–water partition coefficient (Wildman–Crippen LogP) is 1.25. The lowest BCUT2D eigenvalue weighted by Crippen LogP contribution is -2.48. The van der Waals surface area contributed by atoms with E-state index >= 15 is 0 Å². The molecule has 0 aromatic carbocycles. The topological polar surface area (TPSA) is 18.5 Å². The lowest BCUT2D eigenvalue weighted by Gasteiger charge is -2.27. The van der Waals surface area contributed by atoms with Gasteiger partial charge in [-0.2, -0.15) is 0 Å². The van der Waals surface area contributed by atoms with Crippen molar-refractivity contribution in [2.24, 2.45) is 0 Å². The molecule has 0 amide bonds. The summed E-state index contributed by atoms with van der Waals surface area (Å²) < 4.78 is 0. The average Bonchev–Trinajstić information content (AvgIpc) is 2.46. The molecule has 0 bridgehead atoms. The molecule has 3 heteroatoms. The van der Waals surface area contributed by atoms with Crippen molar-refractivity contribution in [2.75, 3.05) is 27.2 Å². The second kappa shape index (κ2) is 5.28. The molecule has 1 aliphatic heterocycles. The third kappa shape index (κ3) is 3.44. The van der Waals surface area contributed by atoms with E-state index in [2.05, 4.69) is 56.9 Å². The van der Waals surface area contributed by atoms with Crippen molar-refractivity contribution in [3.05, 3.63) is 0 Å². The molecule has 1 aliphatic rings. The Morgan fingerprint density at radius 3 is 2.20 bits per heavy atom. The van der Waals surface area contributed by atoms with Crippen LogP contribution in [0.15, 0.2) is 0 Å². The second-order valence-electron chi connectivity index (χ2n) is 5.51. The Hall–Kier alpha value is -0.120. The molecule has 92 valence electrons. The van der Waals surface area contributed by atoms with Gasteiger partial charge in [0.1, 0.15) is 0 Å². The van der Waals surface area contributed by atoms with Crippen molar-refractivity contribution in [1.82, 2.24) is 15.1 Å². The Kier molecular flexibility index (Phi) is 4.56. The number of likely N-dealkylation sites (N-methyl/N-ethyl adjacent to an activating group) is 1. The fourth-order valence-corrected chi connectivity index (χ4v) is 2.35. The summed E-state index contributed by atoms with van der Waals surface area (Å²) in [7, 11) is 4.37. The highest BCUT2D eigenvalue weighted by molar-refractivity contribution is 4.95. The molecule has 0 aromatic rings. The normalized spacial score (nSPS) is 28.6. The fourth-order valence-electron chi connectivity index (χ4n) is 2.35. The quantitative estimate of drug-likeness (QED) is 0.761. The number of hydrogen-bond acceptors (Lipinski definition) is 3. The summed E-state index contributed by atoms with van der Waals surface area (Å²) in [6, 6.07) is 2.49. The van der Waals surface area contributed by atoms with Crippen LogP contribution >= 0.6 is 0 Å². The van der Waals surface area contributed by atoms with Crippen molar-refractivity contribution in [1.29, 1.82) is 0 Å². The molecule has 1 N–H and O–H groups in total. The Morgan fingerprint density at radius 2 is 1.80 bits per heavy atom. The molecule has 15 heavy (non-hydrogen) atoms. The maximum absolute atomic E-state index is 3.67. The van der Waals surface area contributed by atoms with Crippen molar-refractivity contribution in [3.8, 4) is 0 Å². The third-order valence-electron chi connectivity index (χ3n) is 3.26. The minimum absolute atomic E-state index is 0. The molecule has 1 fully saturated rings. The standard InChI is InChI=1S/C12H27N3.H2/c1-9(2)13-11-7-15(10(3)4)8-12(11)14(5)6;/h9-13H,7-8H2,1-6H3;1H/t11?,12-;/m0./s1. The van der Waals surface area contributed by atoms with Gasteiger partial charge in [0.25, 0.3) is 0 Å². The van der Waals surface area contributed by atoms with Crippen LogP contribution in [0.25, 0.3) is 0 Å². The van der Waals surface area contributed by atoms with Gasteiger partial charge < -0.3 is 10.2 Å². The Morgan fingerprint density at radius 1 is 1.20 bits per heavy atom. The molecular formula is C12H29N3. The highest BCUT2D eigenvalue weighted by Crippen LogP contribution is 2.17. The summed E-state index contributed by atoms with van der Waals surface area (Å²) in [5, 5.41) is 3.67. The summed E-state index contributed by atoms with van der Waals surface area (Å²) in [5.74, 6) is 0. The van der Waals surface area contributed by atoms with Crippen LogP contribution < -0.4 is 5.32 Å². The fraction of sp³-hybridized carbons (Fsp3) is 1.00. The molecule has 1 rings (SSSR count). The molecule has 3 nitrogen and oxygen atoms in total. The van der Waals surface area contributed by atoms with Crippen LogP contribution in [0.1, 0.15) is 29.1 Å². The summed E-state index contributed by atoms with van der Waals surface area (Å²) in [4.78, 5) is 4.91. The van der Waals surface area contributed by atoms with E-state index < -0.39 is 0 Å². The van der Waals surface area contributed by atoms with Gasteiger partial charge in [-0.25, -0.2) is 0 Å². The average molecular weight is 215 g/mol.